The molecule has 0 bridgehead atoms. The smallest absolute Gasteiger partial charge is 0.0595 e. The number of ether oxygens (including phenoxy) is 1. The number of hydrogen-bond donors (Lipinski definition) is 1. The number of methoxy groups -OCH3 is 1. The summed E-state index contributed by atoms with van der Waals surface area (Å²) in [5, 5.41) is 3.58. The Morgan fingerprint density at radius 2 is 1.88 bits per heavy atom. The Hall–Kier alpha value is -0.120. The maximum Gasteiger partial charge on any atom is 0.0595 e. The number of piperidine rings is 1. The molecule has 1 saturated heterocycles. The van der Waals surface area contributed by atoms with Gasteiger partial charge in [0, 0.05) is 39.3 Å². The van der Waals surface area contributed by atoms with E-state index in [2.05, 4.69) is 31.0 Å². The van der Waals surface area contributed by atoms with E-state index in [9.17, 15) is 0 Å². The monoisotopic (exact) mass is 228 g/mol. The minimum absolute atomic E-state index is 0.499. The van der Waals surface area contributed by atoms with Crippen LogP contribution in [0.2, 0.25) is 0 Å². The predicted octanol–water partition coefficient (Wildman–Crippen LogP) is 1.73. The summed E-state index contributed by atoms with van der Waals surface area (Å²) in [5.74, 6) is 0.722. The Labute approximate surface area is 101 Å². The molecule has 1 heterocycles. The van der Waals surface area contributed by atoms with Crippen molar-refractivity contribution in [1.82, 2.24) is 10.2 Å². The summed E-state index contributed by atoms with van der Waals surface area (Å²) < 4.78 is 5.37. The van der Waals surface area contributed by atoms with Crippen LogP contribution in [-0.4, -0.2) is 50.3 Å². The third kappa shape index (κ3) is 4.81. The average Bonchev–Trinajstić information content (AvgIpc) is 2.29. The highest BCUT2D eigenvalue weighted by Gasteiger charge is 2.18. The molecule has 0 spiro atoms. The first-order valence-electron chi connectivity index (χ1n) is 6.62. The maximum absolute atomic E-state index is 5.37. The van der Waals surface area contributed by atoms with E-state index >= 15 is 0 Å². The van der Waals surface area contributed by atoms with Gasteiger partial charge in [0.05, 0.1) is 6.10 Å². The molecular formula is C13H28N2O. The molecule has 1 fully saturated rings. The number of rotatable bonds is 6. The summed E-state index contributed by atoms with van der Waals surface area (Å²) in [7, 11) is 1.83. The van der Waals surface area contributed by atoms with Crippen molar-refractivity contribution in [2.45, 2.75) is 45.8 Å². The Balaban J connectivity index is 2.06. The van der Waals surface area contributed by atoms with E-state index in [4.69, 9.17) is 4.74 Å². The summed E-state index contributed by atoms with van der Waals surface area (Å²) >= 11 is 0. The molecule has 1 N–H and O–H groups in total. The molecule has 0 aromatic carbocycles. The van der Waals surface area contributed by atoms with Crippen LogP contribution in [0.25, 0.3) is 0 Å². The zero-order valence-electron chi connectivity index (χ0n) is 11.3. The lowest BCUT2D eigenvalue weighted by Gasteiger charge is -2.31. The zero-order chi connectivity index (χ0) is 12.0. The molecule has 0 saturated carbocycles. The maximum atomic E-state index is 5.37. The molecule has 1 unspecified atom stereocenters. The van der Waals surface area contributed by atoms with E-state index in [0.29, 0.717) is 12.1 Å². The number of nitrogens with one attached hydrogen (secondary N) is 1. The van der Waals surface area contributed by atoms with Crippen LogP contribution in [0, 0.1) is 5.92 Å². The number of nitrogens with zero attached hydrogens (tertiary/aromatic N) is 1. The quantitative estimate of drug-likeness (QED) is 0.749. The van der Waals surface area contributed by atoms with Crippen molar-refractivity contribution in [3.05, 3.63) is 0 Å². The van der Waals surface area contributed by atoms with E-state index in [-0.39, 0.29) is 0 Å². The standard InChI is InChI=1S/C13H28N2O/c1-11(2)12(3)14-7-10-15-8-5-13(16-4)6-9-15/h11-14H,5-10H2,1-4H3. The summed E-state index contributed by atoms with van der Waals surface area (Å²) in [6, 6.07) is 0.622. The molecule has 0 radical (unpaired) electrons. The van der Waals surface area contributed by atoms with Gasteiger partial charge in [-0.25, -0.2) is 0 Å². The van der Waals surface area contributed by atoms with Gasteiger partial charge in [-0.3, -0.25) is 0 Å². The summed E-state index contributed by atoms with van der Waals surface area (Å²) in [5.41, 5.74) is 0. The fourth-order valence-electron chi connectivity index (χ4n) is 2.05. The van der Waals surface area contributed by atoms with Crippen LogP contribution in [0.5, 0.6) is 0 Å². The Morgan fingerprint density at radius 3 is 2.38 bits per heavy atom. The second-order valence-electron chi connectivity index (χ2n) is 5.26. The lowest BCUT2D eigenvalue weighted by atomic mass is 10.1. The predicted molar refractivity (Wildman–Crippen MR) is 68.8 cm³/mol. The first-order valence-corrected chi connectivity index (χ1v) is 6.62. The lowest BCUT2D eigenvalue weighted by Crippen LogP contribution is -2.42. The molecule has 1 aliphatic rings. The average molecular weight is 228 g/mol. The molecule has 3 nitrogen and oxygen atoms in total. The minimum atomic E-state index is 0.499. The fraction of sp³-hybridized carbons (Fsp3) is 1.00. The molecule has 3 heteroatoms. The van der Waals surface area contributed by atoms with Crippen molar-refractivity contribution in [3.8, 4) is 0 Å². The van der Waals surface area contributed by atoms with Gasteiger partial charge in [0.2, 0.25) is 0 Å². The topological polar surface area (TPSA) is 24.5 Å². The van der Waals surface area contributed by atoms with Gasteiger partial charge >= 0.3 is 0 Å². The first kappa shape index (κ1) is 13.9. The third-order valence-electron chi connectivity index (χ3n) is 3.76. The molecule has 0 amide bonds. The largest absolute Gasteiger partial charge is 0.381 e. The van der Waals surface area contributed by atoms with E-state index in [1.807, 2.05) is 7.11 Å². The van der Waals surface area contributed by atoms with Gasteiger partial charge in [0.25, 0.3) is 0 Å². The summed E-state index contributed by atoms with van der Waals surface area (Å²) in [4.78, 5) is 2.54. The first-order chi connectivity index (χ1) is 7.63. The normalized spacial score (nSPS) is 21.6. The van der Waals surface area contributed by atoms with Gasteiger partial charge in [-0.15, -0.1) is 0 Å². The highest BCUT2D eigenvalue weighted by atomic mass is 16.5. The molecule has 1 aliphatic heterocycles. The van der Waals surface area contributed by atoms with Gasteiger partial charge < -0.3 is 15.0 Å². The Morgan fingerprint density at radius 1 is 1.25 bits per heavy atom. The molecule has 0 aromatic heterocycles. The SMILES string of the molecule is COC1CCN(CCNC(C)C(C)C)CC1. The van der Waals surface area contributed by atoms with Crippen molar-refractivity contribution < 1.29 is 4.74 Å². The number of likely N-dealkylation sites (tertiary alicyclic amines) is 1. The highest BCUT2D eigenvalue weighted by molar-refractivity contribution is 4.73. The second-order valence-corrected chi connectivity index (χ2v) is 5.26. The van der Waals surface area contributed by atoms with Crippen LogP contribution >= 0.6 is 0 Å². The van der Waals surface area contributed by atoms with Crippen molar-refractivity contribution >= 4 is 0 Å². The third-order valence-corrected chi connectivity index (χ3v) is 3.76. The van der Waals surface area contributed by atoms with Crippen LogP contribution in [0.3, 0.4) is 0 Å². The molecule has 1 rings (SSSR count). The van der Waals surface area contributed by atoms with Gasteiger partial charge in [-0.1, -0.05) is 13.8 Å². The molecule has 96 valence electrons. The van der Waals surface area contributed by atoms with Crippen molar-refractivity contribution in [3.63, 3.8) is 0 Å². The molecule has 0 aromatic rings. The van der Waals surface area contributed by atoms with Crippen LogP contribution in [0.4, 0.5) is 0 Å². The van der Waals surface area contributed by atoms with Crippen molar-refractivity contribution in [2.75, 3.05) is 33.3 Å². The minimum Gasteiger partial charge on any atom is -0.381 e. The zero-order valence-corrected chi connectivity index (χ0v) is 11.3. The molecule has 16 heavy (non-hydrogen) atoms. The van der Waals surface area contributed by atoms with Crippen LogP contribution in [-0.2, 0) is 4.74 Å². The highest BCUT2D eigenvalue weighted by Crippen LogP contribution is 2.12. The fourth-order valence-corrected chi connectivity index (χ4v) is 2.05. The second kappa shape index (κ2) is 7.25. The molecule has 1 atom stereocenters. The van der Waals surface area contributed by atoms with Crippen LogP contribution in [0.1, 0.15) is 33.6 Å². The van der Waals surface area contributed by atoms with Crippen LogP contribution < -0.4 is 5.32 Å². The van der Waals surface area contributed by atoms with Gasteiger partial charge in [-0.2, -0.15) is 0 Å². The van der Waals surface area contributed by atoms with E-state index in [1.165, 1.54) is 32.5 Å². The van der Waals surface area contributed by atoms with Gasteiger partial charge in [-0.05, 0) is 25.7 Å². The van der Waals surface area contributed by atoms with E-state index in [0.717, 1.165) is 12.5 Å². The van der Waals surface area contributed by atoms with E-state index < -0.39 is 0 Å². The van der Waals surface area contributed by atoms with Crippen molar-refractivity contribution in [2.24, 2.45) is 5.92 Å². The molecule has 0 aliphatic carbocycles. The molecular weight excluding hydrogens is 200 g/mol. The van der Waals surface area contributed by atoms with Crippen LogP contribution in [0.15, 0.2) is 0 Å². The Bertz CT molecular complexity index is 177. The van der Waals surface area contributed by atoms with Gasteiger partial charge in [0.15, 0.2) is 0 Å². The van der Waals surface area contributed by atoms with E-state index in [1.54, 1.807) is 0 Å². The summed E-state index contributed by atoms with van der Waals surface area (Å²) in [6.07, 6.45) is 2.88. The van der Waals surface area contributed by atoms with Crippen molar-refractivity contribution in [1.29, 1.82) is 0 Å². The van der Waals surface area contributed by atoms with Gasteiger partial charge in [0.1, 0.15) is 0 Å². The summed E-state index contributed by atoms with van der Waals surface area (Å²) in [6.45, 7) is 11.5. The lowest BCUT2D eigenvalue weighted by molar-refractivity contribution is 0.0412. The number of hydrogen-bond acceptors (Lipinski definition) is 3. The Kier molecular flexibility index (Phi) is 6.32.